The number of pyridine rings is 1. The molecule has 0 saturated heterocycles. The molecule has 9 rings (SSSR count). The molecule has 49 heavy (non-hydrogen) atoms. The lowest BCUT2D eigenvalue weighted by molar-refractivity contribution is 0.661. The summed E-state index contributed by atoms with van der Waals surface area (Å²) in [6.45, 7) is 4.70. The zero-order valence-corrected chi connectivity index (χ0v) is 27.4. The molecule has 3 nitrogen and oxygen atoms in total. The maximum absolute atomic E-state index is 5.27. The van der Waals surface area contributed by atoms with Crippen LogP contribution in [0.2, 0.25) is 0 Å². The van der Waals surface area contributed by atoms with E-state index >= 15 is 0 Å². The van der Waals surface area contributed by atoms with Gasteiger partial charge in [0.25, 0.3) is 0 Å². The Morgan fingerprint density at radius 1 is 0.429 bits per heavy atom. The largest absolute Gasteiger partial charge is 0.264 e. The van der Waals surface area contributed by atoms with E-state index in [4.69, 9.17) is 9.97 Å². The van der Waals surface area contributed by atoms with Crippen molar-refractivity contribution >= 4 is 10.8 Å². The van der Waals surface area contributed by atoms with Gasteiger partial charge in [-0.25, -0.2) is 9.97 Å². The number of hydrogen-bond donors (Lipinski definition) is 0. The van der Waals surface area contributed by atoms with Crippen molar-refractivity contribution in [2.24, 2.45) is 0 Å². The Morgan fingerprint density at radius 2 is 1.02 bits per heavy atom. The van der Waals surface area contributed by atoms with Crippen molar-refractivity contribution < 1.29 is 0 Å². The predicted molar refractivity (Wildman–Crippen MR) is 202 cm³/mol. The Kier molecular flexibility index (Phi) is 6.80. The normalized spacial score (nSPS) is 12.9. The molecule has 2 heterocycles. The van der Waals surface area contributed by atoms with Gasteiger partial charge in [0.15, 0.2) is 5.82 Å². The zero-order valence-electron chi connectivity index (χ0n) is 27.4. The molecule has 0 radical (unpaired) electrons. The summed E-state index contributed by atoms with van der Waals surface area (Å²) in [6, 6.07) is 53.8. The minimum atomic E-state index is -0.127. The van der Waals surface area contributed by atoms with E-state index in [0.717, 1.165) is 44.8 Å². The van der Waals surface area contributed by atoms with Crippen LogP contribution in [-0.4, -0.2) is 15.0 Å². The molecule has 1 aliphatic carbocycles. The van der Waals surface area contributed by atoms with E-state index in [0.29, 0.717) is 5.82 Å². The number of nitrogens with zero attached hydrogens (tertiary/aromatic N) is 3. The second kappa shape index (κ2) is 11.5. The van der Waals surface area contributed by atoms with E-state index in [1.165, 1.54) is 38.6 Å². The number of benzene rings is 6. The van der Waals surface area contributed by atoms with Crippen molar-refractivity contribution in [3.05, 3.63) is 175 Å². The van der Waals surface area contributed by atoms with Crippen LogP contribution in [0.15, 0.2) is 164 Å². The minimum Gasteiger partial charge on any atom is -0.264 e. The number of rotatable bonds is 5. The molecule has 0 atom stereocenters. The molecule has 8 aromatic rings. The predicted octanol–water partition coefficient (Wildman–Crippen LogP) is 11.7. The van der Waals surface area contributed by atoms with Crippen molar-refractivity contribution in [3.8, 4) is 67.3 Å². The molecule has 1 aliphatic rings. The summed E-state index contributed by atoms with van der Waals surface area (Å²) in [4.78, 5) is 14.9. The van der Waals surface area contributed by atoms with E-state index in [1.54, 1.807) is 0 Å². The quantitative estimate of drug-likeness (QED) is 0.191. The van der Waals surface area contributed by atoms with Crippen molar-refractivity contribution in [1.82, 2.24) is 15.0 Å². The van der Waals surface area contributed by atoms with Crippen LogP contribution in [0.3, 0.4) is 0 Å². The standard InChI is InChI=1S/C46H33N3/c1-46(2)40-24-12-23-38(44(40)39-26-31-16-6-7-17-32(31)27-41(39)46)35-20-9-11-22-37(35)43-28-42(48-45(49-43)30-14-4-3-5-15-30)36-21-10-8-19-34(36)33-18-13-25-47-29-33/h3-29H,1-2H3. The first-order valence-electron chi connectivity index (χ1n) is 16.8. The maximum Gasteiger partial charge on any atom is 0.160 e. The van der Waals surface area contributed by atoms with Crippen LogP contribution < -0.4 is 0 Å². The first-order valence-corrected chi connectivity index (χ1v) is 16.8. The van der Waals surface area contributed by atoms with Gasteiger partial charge >= 0.3 is 0 Å². The molecule has 0 spiro atoms. The summed E-state index contributed by atoms with van der Waals surface area (Å²) in [7, 11) is 0. The fraction of sp³-hybridized carbons (Fsp3) is 0.0652. The lowest BCUT2D eigenvalue weighted by atomic mass is 9.81. The van der Waals surface area contributed by atoms with E-state index in [9.17, 15) is 0 Å². The van der Waals surface area contributed by atoms with Crippen LogP contribution in [0.5, 0.6) is 0 Å². The van der Waals surface area contributed by atoms with Gasteiger partial charge in [-0.15, -0.1) is 0 Å². The van der Waals surface area contributed by atoms with Crippen molar-refractivity contribution in [2.75, 3.05) is 0 Å². The SMILES string of the molecule is CC1(C)c2cc3ccccc3cc2-c2c(-c3ccccc3-c3cc(-c4ccccc4-c4cccnc4)nc(-c4ccccc4)n3)cccc21. The van der Waals surface area contributed by atoms with Gasteiger partial charge in [-0.1, -0.05) is 141 Å². The Labute approximate surface area is 286 Å². The molecule has 0 unspecified atom stereocenters. The van der Waals surface area contributed by atoms with Gasteiger partial charge in [-0.2, -0.15) is 0 Å². The smallest absolute Gasteiger partial charge is 0.160 e. The summed E-state index contributed by atoms with van der Waals surface area (Å²) in [5.74, 6) is 0.695. The highest BCUT2D eigenvalue weighted by Crippen LogP contribution is 2.54. The molecule has 0 aliphatic heterocycles. The molecule has 3 heteroatoms. The van der Waals surface area contributed by atoms with Crippen molar-refractivity contribution in [1.29, 1.82) is 0 Å². The van der Waals surface area contributed by atoms with Crippen LogP contribution in [0, 0.1) is 0 Å². The zero-order chi connectivity index (χ0) is 33.0. The van der Waals surface area contributed by atoms with E-state index in [2.05, 4.69) is 146 Å². The van der Waals surface area contributed by atoms with Gasteiger partial charge in [0.1, 0.15) is 0 Å². The third-order valence-corrected chi connectivity index (χ3v) is 9.99. The van der Waals surface area contributed by atoms with E-state index < -0.39 is 0 Å². The van der Waals surface area contributed by atoms with Gasteiger partial charge < -0.3 is 0 Å². The average Bonchev–Trinajstić information content (AvgIpc) is 3.39. The second-order valence-electron chi connectivity index (χ2n) is 13.3. The first kappa shape index (κ1) is 29.0. The van der Waals surface area contributed by atoms with Gasteiger partial charge in [0.2, 0.25) is 0 Å². The topological polar surface area (TPSA) is 38.7 Å². The van der Waals surface area contributed by atoms with Gasteiger partial charge in [-0.3, -0.25) is 4.98 Å². The summed E-state index contributed by atoms with van der Waals surface area (Å²) in [5, 5.41) is 2.53. The van der Waals surface area contributed by atoms with E-state index in [-0.39, 0.29) is 5.41 Å². The third kappa shape index (κ3) is 4.86. The Balaban J connectivity index is 1.28. The number of hydrogen-bond acceptors (Lipinski definition) is 3. The van der Waals surface area contributed by atoms with Crippen LogP contribution in [0.4, 0.5) is 0 Å². The molecule has 0 N–H and O–H groups in total. The molecule has 6 aromatic carbocycles. The van der Waals surface area contributed by atoms with Gasteiger partial charge in [0, 0.05) is 40.1 Å². The number of aromatic nitrogens is 3. The highest BCUT2D eigenvalue weighted by atomic mass is 14.9. The Morgan fingerprint density at radius 3 is 1.73 bits per heavy atom. The molecule has 0 amide bonds. The monoisotopic (exact) mass is 627 g/mol. The van der Waals surface area contributed by atoms with Crippen molar-refractivity contribution in [3.63, 3.8) is 0 Å². The maximum atomic E-state index is 5.27. The first-order chi connectivity index (χ1) is 24.1. The van der Waals surface area contributed by atoms with Crippen LogP contribution in [0.1, 0.15) is 25.0 Å². The molecular weight excluding hydrogens is 595 g/mol. The van der Waals surface area contributed by atoms with Crippen LogP contribution >= 0.6 is 0 Å². The highest BCUT2D eigenvalue weighted by molar-refractivity contribution is 6.01. The van der Waals surface area contributed by atoms with Gasteiger partial charge in [0.05, 0.1) is 11.4 Å². The molecule has 2 aromatic heterocycles. The average molecular weight is 628 g/mol. The molecule has 0 fully saturated rings. The lowest BCUT2D eigenvalue weighted by Gasteiger charge is -2.22. The molecule has 0 saturated carbocycles. The third-order valence-electron chi connectivity index (χ3n) is 9.99. The fourth-order valence-corrected chi connectivity index (χ4v) is 7.56. The summed E-state index contributed by atoms with van der Waals surface area (Å²) in [6.07, 6.45) is 3.72. The second-order valence-corrected chi connectivity index (χ2v) is 13.3. The summed E-state index contributed by atoms with van der Waals surface area (Å²) < 4.78 is 0. The molecular formula is C46H33N3. The number of fused-ring (bicyclic) bond motifs is 4. The Hall–Kier alpha value is -6.19. The summed E-state index contributed by atoms with van der Waals surface area (Å²) >= 11 is 0. The Bertz CT molecular complexity index is 2520. The summed E-state index contributed by atoms with van der Waals surface area (Å²) in [5.41, 5.74) is 14.5. The fourth-order valence-electron chi connectivity index (χ4n) is 7.56. The highest BCUT2D eigenvalue weighted by Gasteiger charge is 2.37. The van der Waals surface area contributed by atoms with E-state index in [1.807, 2.05) is 36.7 Å². The van der Waals surface area contributed by atoms with Crippen LogP contribution in [0.25, 0.3) is 78.1 Å². The molecule has 0 bridgehead atoms. The molecule has 232 valence electrons. The van der Waals surface area contributed by atoms with Crippen molar-refractivity contribution in [2.45, 2.75) is 19.3 Å². The minimum absolute atomic E-state index is 0.127. The lowest BCUT2D eigenvalue weighted by Crippen LogP contribution is -2.14. The van der Waals surface area contributed by atoms with Crippen LogP contribution in [-0.2, 0) is 5.41 Å². The van der Waals surface area contributed by atoms with Gasteiger partial charge in [-0.05, 0) is 74.0 Å².